The first kappa shape index (κ1) is 37.8. The van der Waals surface area contributed by atoms with E-state index in [1.807, 2.05) is 0 Å². The predicted octanol–water partition coefficient (Wildman–Crippen LogP) is 8.01. The molecule has 232 valence electrons. The quantitative estimate of drug-likeness (QED) is 0.0693. The maximum absolute atomic E-state index is 12.4. The summed E-state index contributed by atoms with van der Waals surface area (Å²) in [6.07, 6.45) is 27.1. The Bertz CT molecular complexity index is 548. The Kier molecular flexibility index (Phi) is 28.9. The minimum Gasteiger partial charge on any atom is -0.756 e. The van der Waals surface area contributed by atoms with Gasteiger partial charge in [-0.05, 0) is 38.6 Å². The molecule has 0 fully saturated rings. The lowest BCUT2D eigenvalue weighted by Crippen LogP contribution is -2.43. The van der Waals surface area contributed by atoms with Crippen molar-refractivity contribution >= 4 is 11.8 Å². The van der Waals surface area contributed by atoms with Crippen molar-refractivity contribution in [3.63, 3.8) is 0 Å². The Morgan fingerprint density at radius 1 is 0.564 bits per heavy atom. The van der Waals surface area contributed by atoms with Crippen LogP contribution in [-0.4, -0.2) is 48.1 Å². The average Bonchev–Trinajstić information content (AvgIpc) is 2.93. The number of hydroxylamine groups is 2. The monoisotopic (exact) mass is 554 g/mol. The van der Waals surface area contributed by atoms with E-state index in [4.69, 9.17) is 5.73 Å². The van der Waals surface area contributed by atoms with Crippen LogP contribution in [0, 0.1) is 5.21 Å². The molecule has 0 aromatic heterocycles. The van der Waals surface area contributed by atoms with Gasteiger partial charge in [-0.25, -0.2) is 5.01 Å². The van der Waals surface area contributed by atoms with Gasteiger partial charge < -0.3 is 16.0 Å². The normalized spacial score (nSPS) is 11.3. The fourth-order valence-electron chi connectivity index (χ4n) is 4.98. The van der Waals surface area contributed by atoms with Crippen LogP contribution in [-0.2, 0) is 9.59 Å². The highest BCUT2D eigenvalue weighted by Gasteiger charge is 2.08. The number of unbranched alkanes of at least 4 members (excludes halogenated alkanes) is 18. The molecular formula is C32H65N4O3-. The fraction of sp³-hybridized carbons (Fsp3) is 0.938. The summed E-state index contributed by atoms with van der Waals surface area (Å²) >= 11 is 0. The number of nitrogens with one attached hydrogen (secondary N) is 1. The molecule has 39 heavy (non-hydrogen) atoms. The summed E-state index contributed by atoms with van der Waals surface area (Å²) in [6.45, 7) is 6.99. The Morgan fingerprint density at radius 3 is 1.51 bits per heavy atom. The molecule has 0 radical (unpaired) electrons. The van der Waals surface area contributed by atoms with Gasteiger partial charge in [-0.1, -0.05) is 123 Å². The summed E-state index contributed by atoms with van der Waals surface area (Å²) in [4.78, 5) is 24.1. The molecule has 0 heterocycles. The minimum absolute atomic E-state index is 0.188. The van der Waals surface area contributed by atoms with Crippen LogP contribution in [0.3, 0.4) is 0 Å². The highest BCUT2D eigenvalue weighted by molar-refractivity contribution is 5.76. The van der Waals surface area contributed by atoms with Gasteiger partial charge in [0, 0.05) is 32.5 Å². The van der Waals surface area contributed by atoms with Crippen molar-refractivity contribution in [1.82, 2.24) is 15.5 Å². The van der Waals surface area contributed by atoms with E-state index < -0.39 is 0 Å². The van der Waals surface area contributed by atoms with Crippen molar-refractivity contribution in [1.29, 1.82) is 0 Å². The van der Waals surface area contributed by atoms with Gasteiger partial charge in [-0.2, -0.15) is 0 Å². The number of carbonyl (C=O) groups is 2. The standard InChI is InChI=1S/C32H65N4O3/c1-3-5-6-7-8-12-15-18-21-25-31(37)34-35(28-4-2)29-23-20-17-14-11-9-10-13-16-19-22-26-32(38)36(39)30-24-27-33/h3-30,33H2,1-2H3,(H,34,37)/q-1. The molecule has 2 amide bonds. The summed E-state index contributed by atoms with van der Waals surface area (Å²) < 4.78 is 0. The Balaban J connectivity index is 3.58. The van der Waals surface area contributed by atoms with Gasteiger partial charge in [0.15, 0.2) is 0 Å². The van der Waals surface area contributed by atoms with Gasteiger partial charge in [-0.15, -0.1) is 0 Å². The molecule has 0 saturated carbocycles. The molecule has 0 bridgehead atoms. The van der Waals surface area contributed by atoms with E-state index in [-0.39, 0.29) is 18.4 Å². The molecule has 0 atom stereocenters. The lowest BCUT2D eigenvalue weighted by Gasteiger charge is -2.27. The molecule has 7 heteroatoms. The summed E-state index contributed by atoms with van der Waals surface area (Å²) in [5.74, 6) is -0.106. The van der Waals surface area contributed by atoms with E-state index in [9.17, 15) is 14.8 Å². The van der Waals surface area contributed by atoms with Gasteiger partial charge in [-0.3, -0.25) is 15.0 Å². The number of nitrogens with two attached hydrogens (primary N) is 1. The van der Waals surface area contributed by atoms with Crippen LogP contribution < -0.4 is 11.2 Å². The lowest BCUT2D eigenvalue weighted by molar-refractivity contribution is -0.129. The zero-order chi connectivity index (χ0) is 28.8. The maximum atomic E-state index is 12.4. The van der Waals surface area contributed by atoms with Crippen molar-refractivity contribution < 1.29 is 9.59 Å². The third-order valence-corrected chi connectivity index (χ3v) is 7.45. The van der Waals surface area contributed by atoms with E-state index in [0.717, 1.165) is 51.6 Å². The number of hydrogen-bond donors (Lipinski definition) is 2. The summed E-state index contributed by atoms with van der Waals surface area (Å²) in [5, 5.41) is 14.2. The Morgan fingerprint density at radius 2 is 1.03 bits per heavy atom. The van der Waals surface area contributed by atoms with E-state index in [1.165, 1.54) is 96.3 Å². The number of amides is 2. The molecule has 0 aromatic carbocycles. The fourth-order valence-corrected chi connectivity index (χ4v) is 4.98. The molecular weight excluding hydrogens is 488 g/mol. The molecule has 0 spiro atoms. The molecule has 0 aromatic rings. The second-order valence-corrected chi connectivity index (χ2v) is 11.4. The molecule has 0 aliphatic carbocycles. The summed E-state index contributed by atoms with van der Waals surface area (Å²) in [6, 6.07) is 0. The molecule has 0 rings (SSSR count). The highest BCUT2D eigenvalue weighted by atomic mass is 16.5. The first-order chi connectivity index (χ1) is 19.0. The van der Waals surface area contributed by atoms with Gasteiger partial charge in [0.05, 0.1) is 0 Å². The molecule has 0 unspecified atom stereocenters. The van der Waals surface area contributed by atoms with Crippen molar-refractivity contribution in [3.05, 3.63) is 5.21 Å². The molecule has 0 aliphatic rings. The second kappa shape index (κ2) is 29.8. The van der Waals surface area contributed by atoms with Crippen LogP contribution in [0.25, 0.3) is 0 Å². The van der Waals surface area contributed by atoms with Crippen LogP contribution in [0.15, 0.2) is 0 Å². The smallest absolute Gasteiger partial charge is 0.234 e. The highest BCUT2D eigenvalue weighted by Crippen LogP contribution is 2.13. The summed E-state index contributed by atoms with van der Waals surface area (Å²) in [7, 11) is 0. The SMILES string of the molecule is CCCCCCCCCCCC(=O)NN(CCC)CCCCCCCCCCCCCC(=O)N([O-])CCCN. The lowest BCUT2D eigenvalue weighted by atomic mass is 10.0. The van der Waals surface area contributed by atoms with Crippen LogP contribution in [0.2, 0.25) is 0 Å². The number of nitrogens with zero attached hydrogens (tertiary/aromatic N) is 2. The van der Waals surface area contributed by atoms with Crippen molar-refractivity contribution in [2.45, 2.75) is 168 Å². The first-order valence-electron chi connectivity index (χ1n) is 16.8. The van der Waals surface area contributed by atoms with E-state index >= 15 is 0 Å². The third-order valence-electron chi connectivity index (χ3n) is 7.45. The molecule has 0 aliphatic heterocycles. The number of rotatable bonds is 30. The number of hydrazine groups is 1. The van der Waals surface area contributed by atoms with Gasteiger partial charge in [0.2, 0.25) is 11.8 Å². The van der Waals surface area contributed by atoms with Crippen molar-refractivity contribution in [3.8, 4) is 0 Å². The average molecular weight is 554 g/mol. The third kappa shape index (κ3) is 26.8. The van der Waals surface area contributed by atoms with Gasteiger partial charge >= 0.3 is 0 Å². The number of hydrogen-bond acceptors (Lipinski definition) is 5. The Labute approximate surface area is 242 Å². The van der Waals surface area contributed by atoms with Crippen molar-refractivity contribution in [2.75, 3.05) is 26.2 Å². The van der Waals surface area contributed by atoms with E-state index in [1.54, 1.807) is 0 Å². The maximum Gasteiger partial charge on any atom is 0.234 e. The van der Waals surface area contributed by atoms with Gasteiger partial charge in [0.1, 0.15) is 0 Å². The molecule has 7 nitrogen and oxygen atoms in total. The van der Waals surface area contributed by atoms with Crippen LogP contribution in [0.5, 0.6) is 0 Å². The zero-order valence-electron chi connectivity index (χ0n) is 26.0. The molecule has 3 N–H and O–H groups in total. The van der Waals surface area contributed by atoms with Gasteiger partial charge in [0.25, 0.3) is 0 Å². The number of carbonyl (C=O) groups excluding carboxylic acids is 2. The van der Waals surface area contributed by atoms with Crippen LogP contribution in [0.1, 0.15) is 168 Å². The Hall–Kier alpha value is -1.18. The van der Waals surface area contributed by atoms with Crippen molar-refractivity contribution in [2.24, 2.45) is 5.73 Å². The predicted molar refractivity (Wildman–Crippen MR) is 166 cm³/mol. The first-order valence-corrected chi connectivity index (χ1v) is 16.8. The largest absolute Gasteiger partial charge is 0.756 e. The summed E-state index contributed by atoms with van der Waals surface area (Å²) in [5.41, 5.74) is 8.53. The minimum atomic E-state index is -0.294. The second-order valence-electron chi connectivity index (χ2n) is 11.4. The zero-order valence-corrected chi connectivity index (χ0v) is 26.0. The van der Waals surface area contributed by atoms with E-state index in [0.29, 0.717) is 30.9 Å². The topological polar surface area (TPSA) is 102 Å². The molecule has 0 saturated heterocycles. The van der Waals surface area contributed by atoms with Crippen LogP contribution >= 0.6 is 0 Å². The van der Waals surface area contributed by atoms with Crippen LogP contribution in [0.4, 0.5) is 0 Å². The van der Waals surface area contributed by atoms with E-state index in [2.05, 4.69) is 24.3 Å².